The van der Waals surface area contributed by atoms with E-state index in [4.69, 9.17) is 28.4 Å². The van der Waals surface area contributed by atoms with Crippen LogP contribution in [0.5, 0.6) is 5.75 Å². The van der Waals surface area contributed by atoms with Gasteiger partial charge < -0.3 is 10.3 Å². The first-order chi connectivity index (χ1) is 9.61. The summed E-state index contributed by atoms with van der Waals surface area (Å²) in [6.45, 7) is 0. The van der Waals surface area contributed by atoms with Crippen molar-refractivity contribution in [2.24, 2.45) is 5.16 Å². The lowest BCUT2D eigenvalue weighted by molar-refractivity contribution is 0.317. The number of phenolic OH excluding ortho intramolecular Hbond substituents is 1. The highest BCUT2D eigenvalue weighted by atomic mass is 35.5. The minimum absolute atomic E-state index is 0.0921. The Kier molecular flexibility index (Phi) is 4.88. The molecular weight excluding hydrogens is 297 g/mol. The van der Waals surface area contributed by atoms with Gasteiger partial charge in [0.1, 0.15) is 5.75 Å². The van der Waals surface area contributed by atoms with E-state index in [1.807, 2.05) is 6.07 Å². The maximum atomic E-state index is 9.76. The van der Waals surface area contributed by atoms with Gasteiger partial charge in [-0.05, 0) is 42.7 Å². The summed E-state index contributed by atoms with van der Waals surface area (Å²) in [5, 5.41) is 23.1. The lowest BCUT2D eigenvalue weighted by Crippen LogP contribution is -2.03. The SMILES string of the molecule is O/N=C(/CCc1ccc(Cl)c(Cl)c1)c1ccccc1O. The predicted molar refractivity (Wildman–Crippen MR) is 81.2 cm³/mol. The van der Waals surface area contributed by atoms with Crippen LogP contribution < -0.4 is 0 Å². The second kappa shape index (κ2) is 6.64. The molecule has 0 saturated carbocycles. The van der Waals surface area contributed by atoms with Crippen LogP contribution >= 0.6 is 23.2 Å². The van der Waals surface area contributed by atoms with Gasteiger partial charge in [-0.15, -0.1) is 0 Å². The van der Waals surface area contributed by atoms with E-state index in [1.165, 1.54) is 0 Å². The molecule has 2 rings (SSSR count). The first kappa shape index (κ1) is 14.7. The molecule has 20 heavy (non-hydrogen) atoms. The highest BCUT2D eigenvalue weighted by Crippen LogP contribution is 2.24. The van der Waals surface area contributed by atoms with Crippen molar-refractivity contribution in [1.82, 2.24) is 0 Å². The molecule has 0 amide bonds. The smallest absolute Gasteiger partial charge is 0.124 e. The monoisotopic (exact) mass is 309 g/mol. The van der Waals surface area contributed by atoms with E-state index in [9.17, 15) is 5.11 Å². The van der Waals surface area contributed by atoms with E-state index in [0.717, 1.165) is 5.56 Å². The van der Waals surface area contributed by atoms with E-state index < -0.39 is 0 Å². The summed E-state index contributed by atoms with van der Waals surface area (Å²) in [4.78, 5) is 0. The molecule has 5 heteroatoms. The fourth-order valence-corrected chi connectivity index (χ4v) is 2.23. The third-order valence-electron chi connectivity index (χ3n) is 2.97. The maximum Gasteiger partial charge on any atom is 0.124 e. The summed E-state index contributed by atoms with van der Waals surface area (Å²) >= 11 is 11.8. The zero-order chi connectivity index (χ0) is 14.5. The lowest BCUT2D eigenvalue weighted by Gasteiger charge is -2.07. The van der Waals surface area contributed by atoms with Crippen LogP contribution in [0.3, 0.4) is 0 Å². The Morgan fingerprint density at radius 3 is 2.45 bits per heavy atom. The van der Waals surface area contributed by atoms with Gasteiger partial charge in [-0.25, -0.2) is 0 Å². The number of nitrogens with zero attached hydrogens (tertiary/aromatic N) is 1. The molecular formula is C15H13Cl2NO2. The highest BCUT2D eigenvalue weighted by molar-refractivity contribution is 6.42. The number of benzene rings is 2. The average molecular weight is 310 g/mol. The van der Waals surface area contributed by atoms with Crippen molar-refractivity contribution in [1.29, 1.82) is 0 Å². The molecule has 0 spiro atoms. The van der Waals surface area contributed by atoms with E-state index >= 15 is 0 Å². The highest BCUT2D eigenvalue weighted by Gasteiger charge is 2.10. The van der Waals surface area contributed by atoms with Crippen molar-refractivity contribution in [3.8, 4) is 5.75 Å². The van der Waals surface area contributed by atoms with Gasteiger partial charge in [0.15, 0.2) is 0 Å². The van der Waals surface area contributed by atoms with Crippen LogP contribution in [0.2, 0.25) is 10.0 Å². The number of hydrogen-bond donors (Lipinski definition) is 2. The topological polar surface area (TPSA) is 52.8 Å². The van der Waals surface area contributed by atoms with Gasteiger partial charge in [0.25, 0.3) is 0 Å². The largest absolute Gasteiger partial charge is 0.507 e. The summed E-state index contributed by atoms with van der Waals surface area (Å²) in [5.41, 5.74) is 1.93. The molecule has 0 atom stereocenters. The molecule has 0 heterocycles. The molecule has 2 N–H and O–H groups in total. The van der Waals surface area contributed by atoms with E-state index in [-0.39, 0.29) is 5.75 Å². The van der Waals surface area contributed by atoms with Gasteiger partial charge in [-0.1, -0.05) is 46.6 Å². The van der Waals surface area contributed by atoms with Gasteiger partial charge in [0, 0.05) is 5.56 Å². The molecule has 0 fully saturated rings. The zero-order valence-corrected chi connectivity index (χ0v) is 12.1. The molecule has 0 aliphatic heterocycles. The third-order valence-corrected chi connectivity index (χ3v) is 3.71. The number of aromatic hydroxyl groups is 1. The molecule has 0 unspecified atom stereocenters. The van der Waals surface area contributed by atoms with Crippen molar-refractivity contribution < 1.29 is 10.3 Å². The summed E-state index contributed by atoms with van der Waals surface area (Å²) in [5.74, 6) is 0.0921. The number of rotatable bonds is 4. The van der Waals surface area contributed by atoms with Crippen LogP contribution in [-0.2, 0) is 6.42 Å². The molecule has 2 aromatic carbocycles. The number of para-hydroxylation sites is 1. The summed E-state index contributed by atoms with van der Waals surface area (Å²) in [7, 11) is 0. The zero-order valence-electron chi connectivity index (χ0n) is 10.6. The molecule has 0 saturated heterocycles. The van der Waals surface area contributed by atoms with E-state index in [1.54, 1.807) is 36.4 Å². The Balaban J connectivity index is 2.12. The van der Waals surface area contributed by atoms with Gasteiger partial charge >= 0.3 is 0 Å². The van der Waals surface area contributed by atoms with Crippen molar-refractivity contribution in [2.45, 2.75) is 12.8 Å². The quantitative estimate of drug-likeness (QED) is 0.496. The molecule has 0 aliphatic rings. The normalized spacial score (nSPS) is 11.6. The van der Waals surface area contributed by atoms with Gasteiger partial charge in [-0.3, -0.25) is 0 Å². The summed E-state index contributed by atoms with van der Waals surface area (Å²) in [6, 6.07) is 12.1. The number of aryl methyl sites for hydroxylation is 1. The predicted octanol–water partition coefficient (Wildman–Crippen LogP) is 4.51. The minimum atomic E-state index is 0.0921. The lowest BCUT2D eigenvalue weighted by atomic mass is 10.0. The first-order valence-electron chi connectivity index (χ1n) is 6.05. The van der Waals surface area contributed by atoms with Crippen LogP contribution in [0.4, 0.5) is 0 Å². The second-order valence-electron chi connectivity index (χ2n) is 4.31. The fraction of sp³-hybridized carbons (Fsp3) is 0.133. The molecule has 0 aliphatic carbocycles. The summed E-state index contributed by atoms with van der Waals surface area (Å²) < 4.78 is 0. The van der Waals surface area contributed by atoms with Gasteiger partial charge in [0.2, 0.25) is 0 Å². The Labute approximate surface area is 127 Å². The number of halogens is 2. The number of phenols is 1. The Morgan fingerprint density at radius 1 is 1.05 bits per heavy atom. The van der Waals surface area contributed by atoms with Crippen LogP contribution in [0.15, 0.2) is 47.6 Å². The minimum Gasteiger partial charge on any atom is -0.507 e. The van der Waals surface area contributed by atoms with Crippen LogP contribution in [0, 0.1) is 0 Å². The maximum absolute atomic E-state index is 9.76. The van der Waals surface area contributed by atoms with E-state index in [2.05, 4.69) is 5.16 Å². The average Bonchev–Trinajstić information content (AvgIpc) is 2.45. The summed E-state index contributed by atoms with van der Waals surface area (Å²) in [6.07, 6.45) is 1.11. The van der Waals surface area contributed by atoms with Crippen molar-refractivity contribution >= 4 is 28.9 Å². The van der Waals surface area contributed by atoms with Gasteiger partial charge in [0.05, 0.1) is 15.8 Å². The second-order valence-corrected chi connectivity index (χ2v) is 5.13. The Morgan fingerprint density at radius 2 is 1.80 bits per heavy atom. The van der Waals surface area contributed by atoms with Crippen molar-refractivity contribution in [3.63, 3.8) is 0 Å². The Hall–Kier alpha value is -1.71. The van der Waals surface area contributed by atoms with Crippen LogP contribution in [0.25, 0.3) is 0 Å². The van der Waals surface area contributed by atoms with Crippen molar-refractivity contribution in [3.05, 3.63) is 63.6 Å². The molecule has 2 aromatic rings. The molecule has 0 radical (unpaired) electrons. The number of oxime groups is 1. The fourth-order valence-electron chi connectivity index (χ4n) is 1.91. The van der Waals surface area contributed by atoms with Gasteiger partial charge in [-0.2, -0.15) is 0 Å². The van der Waals surface area contributed by atoms with Crippen LogP contribution in [-0.4, -0.2) is 16.0 Å². The van der Waals surface area contributed by atoms with E-state index in [0.29, 0.717) is 34.2 Å². The molecule has 0 aromatic heterocycles. The standard InChI is InChI=1S/C15H13Cl2NO2/c16-12-7-5-10(9-13(12)17)6-8-14(18-20)11-3-1-2-4-15(11)19/h1-5,7,9,19-20H,6,8H2/b18-14-. The third kappa shape index (κ3) is 3.44. The molecule has 0 bridgehead atoms. The number of hydrogen-bond acceptors (Lipinski definition) is 3. The van der Waals surface area contributed by atoms with Crippen LogP contribution in [0.1, 0.15) is 17.5 Å². The Bertz CT molecular complexity index is 642. The first-order valence-corrected chi connectivity index (χ1v) is 6.80. The van der Waals surface area contributed by atoms with Crippen molar-refractivity contribution in [2.75, 3.05) is 0 Å². The molecule has 3 nitrogen and oxygen atoms in total. The molecule has 104 valence electrons.